The molecule has 4 heteroatoms. The molecule has 0 aliphatic carbocycles. The first-order chi connectivity index (χ1) is 7.06. The van der Waals surface area contributed by atoms with E-state index in [1.165, 1.54) is 0 Å². The molecule has 4 nitrogen and oxygen atoms in total. The van der Waals surface area contributed by atoms with E-state index in [0.29, 0.717) is 6.54 Å². The number of aromatic nitrogens is 3. The SMILES string of the molecule is Cc1cc(C)n(Cc2nc(C)c(C)o2)n1. The normalized spacial score (nSPS) is 10.9. The lowest BCUT2D eigenvalue weighted by atomic mass is 10.4. The Bertz CT molecular complexity index is 462. The number of hydrogen-bond donors (Lipinski definition) is 0. The highest BCUT2D eigenvalue weighted by Gasteiger charge is 2.08. The van der Waals surface area contributed by atoms with Crippen molar-refractivity contribution >= 4 is 0 Å². The molecule has 15 heavy (non-hydrogen) atoms. The van der Waals surface area contributed by atoms with Gasteiger partial charge in [-0.25, -0.2) is 4.98 Å². The Morgan fingerprint density at radius 3 is 2.47 bits per heavy atom. The van der Waals surface area contributed by atoms with Crippen molar-refractivity contribution in [2.75, 3.05) is 0 Å². The molecule has 0 aromatic carbocycles. The molecule has 0 unspecified atom stereocenters. The van der Waals surface area contributed by atoms with Gasteiger partial charge >= 0.3 is 0 Å². The Morgan fingerprint density at radius 2 is 2.00 bits per heavy atom. The third-order valence-corrected chi connectivity index (χ3v) is 2.46. The standard InChI is InChI=1S/C11H15N3O/c1-7-5-8(2)14(13-7)6-11-12-9(3)10(4)15-11/h5H,6H2,1-4H3. The van der Waals surface area contributed by atoms with Crippen LogP contribution >= 0.6 is 0 Å². The third kappa shape index (κ3) is 1.93. The second kappa shape index (κ2) is 3.53. The van der Waals surface area contributed by atoms with E-state index in [1.807, 2.05) is 38.4 Å². The molecule has 0 saturated heterocycles. The summed E-state index contributed by atoms with van der Waals surface area (Å²) in [7, 11) is 0. The Morgan fingerprint density at radius 1 is 1.27 bits per heavy atom. The molecule has 2 heterocycles. The van der Waals surface area contributed by atoms with Crippen LogP contribution in [-0.4, -0.2) is 14.8 Å². The van der Waals surface area contributed by atoms with Crippen LogP contribution in [0.4, 0.5) is 0 Å². The fraction of sp³-hybridized carbons (Fsp3) is 0.455. The van der Waals surface area contributed by atoms with Crippen LogP contribution in [0.5, 0.6) is 0 Å². The van der Waals surface area contributed by atoms with Crippen LogP contribution in [0.25, 0.3) is 0 Å². The summed E-state index contributed by atoms with van der Waals surface area (Å²) >= 11 is 0. The van der Waals surface area contributed by atoms with Gasteiger partial charge in [0, 0.05) is 5.69 Å². The van der Waals surface area contributed by atoms with Gasteiger partial charge in [-0.15, -0.1) is 0 Å². The summed E-state index contributed by atoms with van der Waals surface area (Å²) in [5, 5.41) is 4.36. The van der Waals surface area contributed by atoms with Crippen molar-refractivity contribution in [3.8, 4) is 0 Å². The number of nitrogens with zero attached hydrogens (tertiary/aromatic N) is 3. The molecule has 0 N–H and O–H groups in total. The van der Waals surface area contributed by atoms with E-state index < -0.39 is 0 Å². The van der Waals surface area contributed by atoms with Gasteiger partial charge in [-0.3, -0.25) is 4.68 Å². The monoisotopic (exact) mass is 205 g/mol. The molecular weight excluding hydrogens is 190 g/mol. The Balaban J connectivity index is 2.25. The van der Waals surface area contributed by atoms with Crippen LogP contribution < -0.4 is 0 Å². The lowest BCUT2D eigenvalue weighted by molar-refractivity contribution is 0.443. The van der Waals surface area contributed by atoms with E-state index in [0.717, 1.165) is 28.7 Å². The summed E-state index contributed by atoms with van der Waals surface area (Å²) < 4.78 is 7.41. The Kier molecular flexibility index (Phi) is 2.34. The first kappa shape index (κ1) is 9.96. The number of rotatable bonds is 2. The van der Waals surface area contributed by atoms with Gasteiger partial charge in [0.1, 0.15) is 12.3 Å². The maximum atomic E-state index is 5.51. The molecule has 2 rings (SSSR count). The van der Waals surface area contributed by atoms with Crippen LogP contribution in [0.3, 0.4) is 0 Å². The smallest absolute Gasteiger partial charge is 0.216 e. The van der Waals surface area contributed by atoms with Gasteiger partial charge < -0.3 is 4.42 Å². The highest BCUT2D eigenvalue weighted by molar-refractivity contribution is 5.09. The van der Waals surface area contributed by atoms with Crippen molar-refractivity contribution in [1.82, 2.24) is 14.8 Å². The molecule has 80 valence electrons. The van der Waals surface area contributed by atoms with E-state index >= 15 is 0 Å². The maximum Gasteiger partial charge on any atom is 0.216 e. The average molecular weight is 205 g/mol. The first-order valence-electron chi connectivity index (χ1n) is 5.00. The summed E-state index contributed by atoms with van der Waals surface area (Å²) in [4.78, 5) is 4.33. The van der Waals surface area contributed by atoms with Crippen LogP contribution in [0, 0.1) is 27.7 Å². The molecular formula is C11H15N3O. The molecule has 0 aliphatic rings. The van der Waals surface area contributed by atoms with Crippen LogP contribution in [0.2, 0.25) is 0 Å². The summed E-state index contributed by atoms with van der Waals surface area (Å²) in [5.74, 6) is 1.60. The zero-order chi connectivity index (χ0) is 11.0. The summed E-state index contributed by atoms with van der Waals surface area (Å²) in [5.41, 5.74) is 3.10. The van der Waals surface area contributed by atoms with Crippen molar-refractivity contribution in [3.63, 3.8) is 0 Å². The van der Waals surface area contributed by atoms with Crippen molar-refractivity contribution in [1.29, 1.82) is 0 Å². The van der Waals surface area contributed by atoms with Crippen LogP contribution in [-0.2, 0) is 6.54 Å². The number of aryl methyl sites for hydroxylation is 4. The summed E-state index contributed by atoms with van der Waals surface area (Å²) in [6.07, 6.45) is 0. The molecule has 0 spiro atoms. The second-order valence-corrected chi connectivity index (χ2v) is 3.83. The van der Waals surface area contributed by atoms with Gasteiger partial charge in [-0.05, 0) is 33.8 Å². The minimum atomic E-state index is 0.606. The molecule has 0 aliphatic heterocycles. The predicted octanol–water partition coefficient (Wildman–Crippen LogP) is 2.15. The zero-order valence-electron chi connectivity index (χ0n) is 9.53. The van der Waals surface area contributed by atoms with E-state index in [-0.39, 0.29) is 0 Å². The topological polar surface area (TPSA) is 43.9 Å². The predicted molar refractivity (Wildman–Crippen MR) is 56.8 cm³/mol. The Hall–Kier alpha value is -1.58. The van der Waals surface area contributed by atoms with Gasteiger partial charge in [0.05, 0.1) is 11.4 Å². The fourth-order valence-electron chi connectivity index (χ4n) is 1.57. The van der Waals surface area contributed by atoms with Crippen molar-refractivity contribution in [2.45, 2.75) is 34.2 Å². The second-order valence-electron chi connectivity index (χ2n) is 3.83. The van der Waals surface area contributed by atoms with Crippen molar-refractivity contribution < 1.29 is 4.42 Å². The summed E-state index contributed by atoms with van der Waals surface area (Å²) in [6, 6.07) is 2.04. The van der Waals surface area contributed by atoms with Gasteiger partial charge in [0.2, 0.25) is 5.89 Å². The molecule has 2 aromatic heterocycles. The van der Waals surface area contributed by atoms with E-state index in [4.69, 9.17) is 4.42 Å². The third-order valence-electron chi connectivity index (χ3n) is 2.46. The summed E-state index contributed by atoms with van der Waals surface area (Å²) in [6.45, 7) is 8.49. The average Bonchev–Trinajstić information content (AvgIpc) is 2.59. The lowest BCUT2D eigenvalue weighted by Crippen LogP contribution is -2.04. The molecule has 0 saturated carbocycles. The first-order valence-corrected chi connectivity index (χ1v) is 5.00. The Labute approximate surface area is 88.9 Å². The highest BCUT2D eigenvalue weighted by atomic mass is 16.4. The van der Waals surface area contributed by atoms with E-state index in [9.17, 15) is 0 Å². The van der Waals surface area contributed by atoms with E-state index in [2.05, 4.69) is 10.1 Å². The minimum absolute atomic E-state index is 0.606. The molecule has 0 bridgehead atoms. The van der Waals surface area contributed by atoms with Gasteiger partial charge in [0.25, 0.3) is 0 Å². The molecule has 2 aromatic rings. The van der Waals surface area contributed by atoms with Crippen molar-refractivity contribution in [2.24, 2.45) is 0 Å². The number of oxazole rings is 1. The molecule has 0 atom stereocenters. The fourth-order valence-corrected chi connectivity index (χ4v) is 1.57. The van der Waals surface area contributed by atoms with Crippen LogP contribution in [0.1, 0.15) is 28.7 Å². The molecule has 0 fully saturated rings. The number of hydrogen-bond acceptors (Lipinski definition) is 3. The lowest BCUT2D eigenvalue weighted by Gasteiger charge is -1.99. The van der Waals surface area contributed by atoms with Gasteiger partial charge in [-0.1, -0.05) is 0 Å². The largest absolute Gasteiger partial charge is 0.444 e. The molecule has 0 radical (unpaired) electrons. The highest BCUT2D eigenvalue weighted by Crippen LogP contribution is 2.11. The minimum Gasteiger partial charge on any atom is -0.444 e. The van der Waals surface area contributed by atoms with Gasteiger partial charge in [0.15, 0.2) is 0 Å². The van der Waals surface area contributed by atoms with Crippen LogP contribution in [0.15, 0.2) is 10.5 Å². The quantitative estimate of drug-likeness (QED) is 0.754. The van der Waals surface area contributed by atoms with Crippen molar-refractivity contribution in [3.05, 3.63) is 34.8 Å². The van der Waals surface area contributed by atoms with Gasteiger partial charge in [-0.2, -0.15) is 5.10 Å². The van der Waals surface area contributed by atoms with E-state index in [1.54, 1.807) is 0 Å². The zero-order valence-corrected chi connectivity index (χ0v) is 9.53. The molecule has 0 amide bonds. The maximum absolute atomic E-state index is 5.51.